The van der Waals surface area contributed by atoms with E-state index in [0.29, 0.717) is 28.2 Å². The van der Waals surface area contributed by atoms with E-state index in [1.54, 1.807) is 19.1 Å². The lowest BCUT2D eigenvalue weighted by atomic mass is 9.96. The van der Waals surface area contributed by atoms with Gasteiger partial charge in [-0.1, -0.05) is 59.7 Å². The summed E-state index contributed by atoms with van der Waals surface area (Å²) in [4.78, 5) is 25.2. The van der Waals surface area contributed by atoms with Crippen molar-refractivity contribution >= 4 is 11.8 Å². The van der Waals surface area contributed by atoms with Crippen LogP contribution in [-0.2, 0) is 11.2 Å². The Labute approximate surface area is 158 Å². The van der Waals surface area contributed by atoms with Gasteiger partial charge in [0.15, 0.2) is 5.78 Å². The molecule has 0 aliphatic carbocycles. The molecular formula is C23H22O4. The molecule has 0 unspecified atom stereocenters. The van der Waals surface area contributed by atoms with E-state index in [4.69, 9.17) is 9.15 Å². The van der Waals surface area contributed by atoms with Crippen molar-refractivity contribution in [3.05, 3.63) is 82.1 Å². The number of ketones is 1. The number of Topliss-reactive ketones (excluding diaryl/α,β-unsaturated/α-hetero) is 1. The van der Waals surface area contributed by atoms with Gasteiger partial charge in [-0.3, -0.25) is 4.79 Å². The standard InChI is InChI=1S/C23H22O4/c1-14-5-9-17(10-6-14)20(24)13-19-21(23(25)26-4)16(3)27-22(19)18-11-7-15(2)8-12-18/h5-12H,13H2,1-4H3. The normalized spacial score (nSPS) is 10.7. The second-order valence-corrected chi connectivity index (χ2v) is 6.66. The Morgan fingerprint density at radius 1 is 0.889 bits per heavy atom. The summed E-state index contributed by atoms with van der Waals surface area (Å²) in [5, 5.41) is 0. The first-order valence-corrected chi connectivity index (χ1v) is 8.78. The minimum atomic E-state index is -0.499. The van der Waals surface area contributed by atoms with Crippen LogP contribution in [-0.4, -0.2) is 18.9 Å². The molecule has 1 heterocycles. The van der Waals surface area contributed by atoms with Crippen LogP contribution in [0.5, 0.6) is 0 Å². The third-order valence-corrected chi connectivity index (χ3v) is 4.60. The molecule has 3 rings (SSSR count). The van der Waals surface area contributed by atoms with Gasteiger partial charge in [-0.2, -0.15) is 0 Å². The predicted octanol–water partition coefficient (Wildman–Crippen LogP) is 5.08. The topological polar surface area (TPSA) is 56.5 Å². The molecule has 2 aromatic carbocycles. The largest absolute Gasteiger partial charge is 0.465 e. The van der Waals surface area contributed by atoms with Gasteiger partial charge in [-0.25, -0.2) is 4.79 Å². The van der Waals surface area contributed by atoms with Crippen molar-refractivity contribution in [2.75, 3.05) is 7.11 Å². The molecule has 138 valence electrons. The maximum absolute atomic E-state index is 12.8. The highest BCUT2D eigenvalue weighted by Gasteiger charge is 2.26. The van der Waals surface area contributed by atoms with Crippen LogP contribution >= 0.6 is 0 Å². The number of furan rings is 1. The molecule has 4 heteroatoms. The maximum Gasteiger partial charge on any atom is 0.341 e. The third kappa shape index (κ3) is 3.85. The molecule has 3 aromatic rings. The molecule has 0 radical (unpaired) electrons. The van der Waals surface area contributed by atoms with E-state index in [1.807, 2.05) is 50.2 Å². The Morgan fingerprint density at radius 2 is 1.44 bits per heavy atom. The Hall–Kier alpha value is -3.14. The highest BCUT2D eigenvalue weighted by atomic mass is 16.5. The average Bonchev–Trinajstić information content (AvgIpc) is 2.98. The molecule has 0 spiro atoms. The van der Waals surface area contributed by atoms with Gasteiger partial charge >= 0.3 is 5.97 Å². The molecule has 0 aliphatic heterocycles. The van der Waals surface area contributed by atoms with E-state index < -0.39 is 5.97 Å². The van der Waals surface area contributed by atoms with Crippen molar-refractivity contribution in [3.8, 4) is 11.3 Å². The zero-order valence-corrected chi connectivity index (χ0v) is 16.0. The fourth-order valence-corrected chi connectivity index (χ4v) is 3.07. The quantitative estimate of drug-likeness (QED) is 0.469. The molecule has 4 nitrogen and oxygen atoms in total. The minimum Gasteiger partial charge on any atom is -0.465 e. The van der Waals surface area contributed by atoms with Gasteiger partial charge in [0, 0.05) is 23.1 Å². The summed E-state index contributed by atoms with van der Waals surface area (Å²) in [5.41, 5.74) is 4.52. The van der Waals surface area contributed by atoms with Crippen LogP contribution in [0.15, 0.2) is 52.9 Å². The lowest BCUT2D eigenvalue weighted by Crippen LogP contribution is -2.10. The Balaban J connectivity index is 2.07. The average molecular weight is 362 g/mol. The summed E-state index contributed by atoms with van der Waals surface area (Å²) >= 11 is 0. The molecule has 0 saturated carbocycles. The van der Waals surface area contributed by atoms with Crippen LogP contribution in [0.2, 0.25) is 0 Å². The first-order chi connectivity index (χ1) is 12.9. The SMILES string of the molecule is COC(=O)c1c(C)oc(-c2ccc(C)cc2)c1CC(=O)c1ccc(C)cc1. The highest BCUT2D eigenvalue weighted by Crippen LogP contribution is 2.33. The molecule has 0 saturated heterocycles. The number of carbonyl (C=O) groups excluding carboxylic acids is 2. The van der Waals surface area contributed by atoms with Crippen molar-refractivity contribution in [1.82, 2.24) is 0 Å². The van der Waals surface area contributed by atoms with E-state index in [2.05, 4.69) is 0 Å². The van der Waals surface area contributed by atoms with Crippen molar-refractivity contribution in [2.45, 2.75) is 27.2 Å². The molecule has 27 heavy (non-hydrogen) atoms. The first-order valence-electron chi connectivity index (χ1n) is 8.78. The molecule has 0 aliphatic rings. The lowest BCUT2D eigenvalue weighted by Gasteiger charge is -2.06. The number of hydrogen-bond donors (Lipinski definition) is 0. The van der Waals surface area contributed by atoms with Crippen LogP contribution in [0.4, 0.5) is 0 Å². The van der Waals surface area contributed by atoms with E-state index >= 15 is 0 Å². The number of aryl methyl sites for hydroxylation is 3. The highest BCUT2D eigenvalue weighted by molar-refractivity contribution is 6.02. The summed E-state index contributed by atoms with van der Waals surface area (Å²) in [5.74, 6) is 0.410. The number of carbonyl (C=O) groups is 2. The molecule has 1 aromatic heterocycles. The predicted molar refractivity (Wildman–Crippen MR) is 104 cm³/mol. The van der Waals surface area contributed by atoms with Gasteiger partial charge < -0.3 is 9.15 Å². The van der Waals surface area contributed by atoms with Crippen molar-refractivity contribution in [3.63, 3.8) is 0 Å². The number of esters is 1. The maximum atomic E-state index is 12.8. The molecule has 0 bridgehead atoms. The van der Waals surface area contributed by atoms with Gasteiger partial charge in [0.2, 0.25) is 0 Å². The first kappa shape index (κ1) is 18.6. The lowest BCUT2D eigenvalue weighted by molar-refractivity contribution is 0.0598. The van der Waals surface area contributed by atoms with Crippen LogP contribution in [0.3, 0.4) is 0 Å². The smallest absolute Gasteiger partial charge is 0.341 e. The number of benzene rings is 2. The number of hydrogen-bond acceptors (Lipinski definition) is 4. The van der Waals surface area contributed by atoms with Crippen molar-refractivity contribution < 1.29 is 18.7 Å². The number of rotatable bonds is 5. The monoisotopic (exact) mass is 362 g/mol. The third-order valence-electron chi connectivity index (χ3n) is 4.60. The van der Waals surface area contributed by atoms with Gasteiger partial charge in [-0.15, -0.1) is 0 Å². The van der Waals surface area contributed by atoms with Crippen molar-refractivity contribution in [1.29, 1.82) is 0 Å². The van der Waals surface area contributed by atoms with Crippen LogP contribution in [0, 0.1) is 20.8 Å². The van der Waals surface area contributed by atoms with E-state index in [0.717, 1.165) is 16.7 Å². The zero-order chi connectivity index (χ0) is 19.6. The van der Waals surface area contributed by atoms with E-state index in [9.17, 15) is 9.59 Å². The van der Waals surface area contributed by atoms with Crippen LogP contribution < -0.4 is 0 Å². The fraction of sp³-hybridized carbons (Fsp3) is 0.217. The Bertz CT molecular complexity index is 976. The second kappa shape index (κ2) is 7.62. The van der Waals surface area contributed by atoms with Gasteiger partial charge in [0.05, 0.1) is 7.11 Å². The van der Waals surface area contributed by atoms with Crippen LogP contribution in [0.25, 0.3) is 11.3 Å². The second-order valence-electron chi connectivity index (χ2n) is 6.66. The summed E-state index contributed by atoms with van der Waals surface area (Å²) in [7, 11) is 1.33. The van der Waals surface area contributed by atoms with Gasteiger partial charge in [-0.05, 0) is 20.8 Å². The molecule has 0 atom stereocenters. The van der Waals surface area contributed by atoms with E-state index in [1.165, 1.54) is 7.11 Å². The van der Waals surface area contributed by atoms with Gasteiger partial charge in [0.1, 0.15) is 17.1 Å². The summed E-state index contributed by atoms with van der Waals surface area (Å²) < 4.78 is 10.8. The summed E-state index contributed by atoms with van der Waals surface area (Å²) in [6, 6.07) is 15.2. The molecule has 0 amide bonds. The van der Waals surface area contributed by atoms with Crippen molar-refractivity contribution in [2.24, 2.45) is 0 Å². The minimum absolute atomic E-state index is 0.0635. The fourth-order valence-electron chi connectivity index (χ4n) is 3.07. The van der Waals surface area contributed by atoms with Crippen LogP contribution in [0.1, 0.15) is 43.2 Å². The number of methoxy groups -OCH3 is 1. The summed E-state index contributed by atoms with van der Waals surface area (Å²) in [6.45, 7) is 5.68. The Morgan fingerprint density at radius 3 is 2.00 bits per heavy atom. The zero-order valence-electron chi connectivity index (χ0n) is 16.0. The van der Waals surface area contributed by atoms with Gasteiger partial charge in [0.25, 0.3) is 0 Å². The molecule has 0 N–H and O–H groups in total. The molecular weight excluding hydrogens is 340 g/mol. The number of ether oxygens (including phenoxy) is 1. The Kier molecular flexibility index (Phi) is 5.26. The van der Waals surface area contributed by atoms with E-state index in [-0.39, 0.29) is 12.2 Å². The molecule has 0 fully saturated rings. The summed E-state index contributed by atoms with van der Waals surface area (Å²) in [6.07, 6.45) is 0.0635.